The lowest BCUT2D eigenvalue weighted by Crippen LogP contribution is -1.95. The molecule has 0 saturated carbocycles. The van der Waals surface area contributed by atoms with Crippen molar-refractivity contribution in [2.24, 2.45) is 0 Å². The summed E-state index contributed by atoms with van der Waals surface area (Å²) in [4.78, 5) is 54.3. The zero-order chi connectivity index (χ0) is 48.1. The van der Waals surface area contributed by atoms with Crippen LogP contribution in [0.5, 0.6) is 0 Å². The molecule has 0 aliphatic rings. The van der Waals surface area contributed by atoms with Gasteiger partial charge in [0.15, 0.2) is 5.78 Å². The van der Waals surface area contributed by atoms with Crippen molar-refractivity contribution in [1.29, 1.82) is 0 Å². The molecule has 0 saturated heterocycles. The van der Waals surface area contributed by atoms with Gasteiger partial charge in [-0.3, -0.25) is 4.79 Å². The van der Waals surface area contributed by atoms with E-state index in [2.05, 4.69) is 54.1 Å². The van der Waals surface area contributed by atoms with Gasteiger partial charge in [0.05, 0.1) is 5.69 Å². The van der Waals surface area contributed by atoms with Gasteiger partial charge >= 0.3 is 17.9 Å². The second kappa shape index (κ2) is 26.1. The number of carbonyl (C=O) groups excluding carboxylic acids is 1. The minimum atomic E-state index is -0.960. The number of H-pyrrole nitrogens is 4. The maximum Gasteiger partial charge on any atom is 0.352 e. The standard InChI is InChI=1S/C14H14ClNO.C13H12BrNO2.C13H12FNO2.C13H13NO2/c1-10(17)14-8-12(9-16-14)3-2-11-4-6-13(15)7-5-11;14-11-4-2-1-3-10(11)6-5-9-7-12(13(16)17)15-8-9;14-11-5-3-9(4-6-11)1-2-10-7-12(13(16)17)15-8-10;15-13(16)12-8-11(9-14-12)7-6-10-4-2-1-3-5-10/h4-9,16H,2-3H2,1H3;1-4,7-8,15H,5-6H2,(H,16,17);3-8,15H,1-2H2,(H,16,17);1-5,8-9,14H,6-7H2,(H,15,16). The number of hydrogen-bond donors (Lipinski definition) is 7. The molecule has 8 aromatic rings. The number of aromatic amines is 4. The third-order valence-corrected chi connectivity index (χ3v) is 11.5. The highest BCUT2D eigenvalue weighted by atomic mass is 79.9. The molecule has 0 aliphatic heterocycles. The Morgan fingerprint density at radius 2 is 0.806 bits per heavy atom. The highest BCUT2D eigenvalue weighted by Gasteiger charge is 2.09. The summed E-state index contributed by atoms with van der Waals surface area (Å²) in [5.74, 6) is -2.97. The number of benzene rings is 4. The number of aromatic carboxylic acids is 3. The number of halogens is 3. The normalized spacial score (nSPS) is 10.4. The Hall–Kier alpha value is -7.22. The smallest absolute Gasteiger partial charge is 0.352 e. The molecule has 4 aromatic heterocycles. The van der Waals surface area contributed by atoms with E-state index in [1.54, 1.807) is 55.8 Å². The average Bonchev–Trinajstić information content (AvgIpc) is 4.17. The molecule has 0 aliphatic carbocycles. The largest absolute Gasteiger partial charge is 0.477 e. The Bertz CT molecular complexity index is 2720. The Kier molecular flexibility index (Phi) is 19.7. The molecule has 0 fully saturated rings. The Morgan fingerprint density at radius 3 is 1.19 bits per heavy atom. The van der Waals surface area contributed by atoms with Gasteiger partial charge in [0.1, 0.15) is 22.9 Å². The molecule has 4 heterocycles. The summed E-state index contributed by atoms with van der Waals surface area (Å²) < 4.78 is 13.8. The average molecular weight is 990 g/mol. The highest BCUT2D eigenvalue weighted by molar-refractivity contribution is 9.10. The van der Waals surface area contributed by atoms with Crippen LogP contribution in [0.3, 0.4) is 0 Å². The lowest BCUT2D eigenvalue weighted by Gasteiger charge is -2.02. The molecule has 0 spiro atoms. The van der Waals surface area contributed by atoms with Crippen LogP contribution in [-0.4, -0.2) is 58.9 Å². The van der Waals surface area contributed by atoms with E-state index in [1.165, 1.54) is 28.8 Å². The van der Waals surface area contributed by atoms with Crippen molar-refractivity contribution in [2.75, 3.05) is 0 Å². The van der Waals surface area contributed by atoms with Crippen molar-refractivity contribution in [3.05, 3.63) is 235 Å². The first-order valence-electron chi connectivity index (χ1n) is 21.4. The fraction of sp³-hybridized carbons (Fsp3) is 0.170. The maximum atomic E-state index is 12.7. The van der Waals surface area contributed by atoms with Gasteiger partial charge in [-0.05, 0) is 150 Å². The van der Waals surface area contributed by atoms with Crippen LogP contribution < -0.4 is 0 Å². The molecule has 0 amide bonds. The minimum absolute atomic E-state index is 0.0720. The van der Waals surface area contributed by atoms with E-state index >= 15 is 0 Å². The molecular weight excluding hydrogens is 939 g/mol. The van der Waals surface area contributed by atoms with E-state index < -0.39 is 17.9 Å². The van der Waals surface area contributed by atoms with E-state index in [4.69, 9.17) is 26.9 Å². The van der Waals surface area contributed by atoms with Crippen molar-refractivity contribution < 1.29 is 38.9 Å². The summed E-state index contributed by atoms with van der Waals surface area (Å²) in [6.07, 6.45) is 14.0. The Labute approximate surface area is 401 Å². The van der Waals surface area contributed by atoms with Crippen LogP contribution in [0, 0.1) is 5.82 Å². The van der Waals surface area contributed by atoms with Crippen LogP contribution in [-0.2, 0) is 51.4 Å². The van der Waals surface area contributed by atoms with Crippen molar-refractivity contribution in [1.82, 2.24) is 19.9 Å². The van der Waals surface area contributed by atoms with E-state index in [0.717, 1.165) is 88.7 Å². The number of ketones is 1. The van der Waals surface area contributed by atoms with Gasteiger partial charge in [0, 0.05) is 41.2 Å². The first kappa shape index (κ1) is 50.8. The van der Waals surface area contributed by atoms with Gasteiger partial charge in [-0.2, -0.15) is 0 Å². The third-order valence-electron chi connectivity index (χ3n) is 10.5. The van der Waals surface area contributed by atoms with E-state index in [1.807, 2.05) is 72.9 Å². The molecule has 4 aromatic carbocycles. The van der Waals surface area contributed by atoms with Crippen LogP contribution in [0.15, 0.2) is 157 Å². The summed E-state index contributed by atoms with van der Waals surface area (Å²) in [5.41, 5.74) is 10.3. The number of aryl methyl sites for hydroxylation is 8. The number of carboxylic acid groups (broad SMARTS) is 3. The van der Waals surface area contributed by atoms with Crippen molar-refractivity contribution in [3.8, 4) is 0 Å². The molecule has 7 N–H and O–H groups in total. The molecule has 14 heteroatoms. The van der Waals surface area contributed by atoms with E-state index in [9.17, 15) is 23.6 Å². The number of hydrogen-bond acceptors (Lipinski definition) is 4. The third kappa shape index (κ3) is 17.6. The number of rotatable bonds is 16. The summed E-state index contributed by atoms with van der Waals surface area (Å²) in [6.45, 7) is 1.56. The summed E-state index contributed by atoms with van der Waals surface area (Å²) in [7, 11) is 0. The van der Waals surface area contributed by atoms with Crippen molar-refractivity contribution >= 4 is 51.2 Å². The Morgan fingerprint density at radius 1 is 0.463 bits per heavy atom. The van der Waals surface area contributed by atoms with Gasteiger partial charge in [-0.15, -0.1) is 0 Å². The van der Waals surface area contributed by atoms with Crippen LogP contribution in [0.2, 0.25) is 5.02 Å². The second-order valence-corrected chi connectivity index (χ2v) is 16.8. The SMILES string of the molecule is CC(=O)c1cc(CCc2ccc(Cl)cc2)c[nH]1.O=C(O)c1cc(CCc2ccc(F)cc2)c[nH]1.O=C(O)c1cc(CCc2ccccc2)c[nH]1.O=C(O)c1cc(CCc2ccccc2Br)c[nH]1. The zero-order valence-corrected chi connectivity index (χ0v) is 39.0. The van der Waals surface area contributed by atoms with Crippen LogP contribution in [0.1, 0.15) is 93.4 Å². The van der Waals surface area contributed by atoms with E-state index in [0.29, 0.717) is 5.69 Å². The first-order chi connectivity index (χ1) is 32.2. The van der Waals surface area contributed by atoms with Gasteiger partial charge in [0.2, 0.25) is 0 Å². The molecule has 11 nitrogen and oxygen atoms in total. The fourth-order valence-electron chi connectivity index (χ4n) is 6.70. The second-order valence-electron chi connectivity index (χ2n) is 15.5. The molecule has 0 atom stereocenters. The van der Waals surface area contributed by atoms with Crippen molar-refractivity contribution in [2.45, 2.75) is 58.3 Å². The summed E-state index contributed by atoms with van der Waals surface area (Å²) in [6, 6.07) is 39.3. The number of aromatic nitrogens is 4. The van der Waals surface area contributed by atoms with Gasteiger partial charge in [-0.1, -0.05) is 100 Å². The van der Waals surface area contributed by atoms with Gasteiger partial charge in [-0.25, -0.2) is 18.8 Å². The van der Waals surface area contributed by atoms with Crippen LogP contribution in [0.25, 0.3) is 0 Å². The molecular formula is C53H51BrClFN4O7. The molecule has 8 rings (SSSR count). The maximum absolute atomic E-state index is 12.7. The predicted molar refractivity (Wildman–Crippen MR) is 262 cm³/mol. The van der Waals surface area contributed by atoms with Crippen LogP contribution in [0.4, 0.5) is 4.39 Å². The number of nitrogens with one attached hydrogen (secondary N) is 4. The molecule has 346 valence electrons. The van der Waals surface area contributed by atoms with Gasteiger partial charge < -0.3 is 35.3 Å². The zero-order valence-electron chi connectivity index (χ0n) is 36.7. The molecule has 0 unspecified atom stereocenters. The number of carboxylic acids is 3. The van der Waals surface area contributed by atoms with E-state index in [-0.39, 0.29) is 28.7 Å². The molecule has 67 heavy (non-hydrogen) atoms. The summed E-state index contributed by atoms with van der Waals surface area (Å²) in [5, 5.41) is 27.0. The highest BCUT2D eigenvalue weighted by Crippen LogP contribution is 2.19. The lowest BCUT2D eigenvalue weighted by atomic mass is 10.1. The van der Waals surface area contributed by atoms with Crippen molar-refractivity contribution in [3.63, 3.8) is 0 Å². The topological polar surface area (TPSA) is 192 Å². The summed E-state index contributed by atoms with van der Waals surface area (Å²) >= 11 is 9.32. The molecule has 0 bridgehead atoms. The fourth-order valence-corrected chi connectivity index (χ4v) is 7.31. The quantitative estimate of drug-likeness (QED) is 0.0468. The number of Topliss-reactive ketones (excluding diaryl/α,β-unsaturated/α-hetero) is 1. The monoisotopic (exact) mass is 988 g/mol. The Balaban J connectivity index is 0.000000167. The number of carbonyl (C=O) groups is 4. The first-order valence-corrected chi connectivity index (χ1v) is 22.6. The predicted octanol–water partition coefficient (Wildman–Crippen LogP) is 12.1. The molecule has 0 radical (unpaired) electrons. The van der Waals surface area contributed by atoms with Crippen LogP contribution >= 0.6 is 27.5 Å². The lowest BCUT2D eigenvalue weighted by molar-refractivity contribution is 0.0680. The van der Waals surface area contributed by atoms with Gasteiger partial charge in [0.25, 0.3) is 0 Å². The minimum Gasteiger partial charge on any atom is -0.477 e.